The zero-order valence-electron chi connectivity index (χ0n) is 13.8. The van der Waals surface area contributed by atoms with Gasteiger partial charge in [-0.3, -0.25) is 4.79 Å². The predicted octanol–water partition coefficient (Wildman–Crippen LogP) is 5.12. The van der Waals surface area contributed by atoms with E-state index in [0.717, 1.165) is 6.42 Å². The molecule has 1 amide bonds. The molecule has 0 aromatic carbocycles. The summed E-state index contributed by atoms with van der Waals surface area (Å²) in [5.74, 6) is 0.144. The Bertz CT molecular complexity index is 233. The van der Waals surface area contributed by atoms with Gasteiger partial charge in [0, 0.05) is 17.7 Å². The molecule has 20 heavy (non-hydrogen) atoms. The van der Waals surface area contributed by atoms with Gasteiger partial charge in [-0.1, -0.05) is 65.2 Å². The number of amides is 1. The molecule has 2 atom stereocenters. The van der Waals surface area contributed by atoms with Crippen LogP contribution in [0.25, 0.3) is 0 Å². The van der Waals surface area contributed by atoms with E-state index in [1.807, 2.05) is 6.92 Å². The molecule has 3 heteroatoms. The van der Waals surface area contributed by atoms with Crippen LogP contribution in [0.3, 0.4) is 0 Å². The Morgan fingerprint density at radius 1 is 1.00 bits per heavy atom. The zero-order chi connectivity index (χ0) is 15.2. The van der Waals surface area contributed by atoms with E-state index in [0.29, 0.717) is 11.7 Å². The van der Waals surface area contributed by atoms with E-state index < -0.39 is 0 Å². The summed E-state index contributed by atoms with van der Waals surface area (Å²) < 4.78 is 0. The largest absolute Gasteiger partial charge is 0.354 e. The van der Waals surface area contributed by atoms with Gasteiger partial charge >= 0.3 is 0 Å². The van der Waals surface area contributed by atoms with E-state index >= 15 is 0 Å². The molecule has 1 N–H and O–H groups in total. The van der Waals surface area contributed by atoms with Crippen molar-refractivity contribution in [2.24, 2.45) is 0 Å². The topological polar surface area (TPSA) is 29.1 Å². The number of carbonyl (C=O) groups excluding carboxylic acids is 1. The Morgan fingerprint density at radius 2 is 1.55 bits per heavy atom. The molecule has 0 saturated carbocycles. The van der Waals surface area contributed by atoms with Crippen LogP contribution < -0.4 is 5.32 Å². The normalized spacial score (nSPS) is 14.0. The minimum Gasteiger partial charge on any atom is -0.354 e. The third-order valence-corrected chi connectivity index (χ3v) is 4.21. The molecule has 0 aromatic rings. The van der Waals surface area contributed by atoms with Crippen molar-refractivity contribution in [3.05, 3.63) is 0 Å². The Balaban J connectivity index is 3.40. The fraction of sp³-hybridized carbons (Fsp3) is 0.941. The predicted molar refractivity (Wildman–Crippen MR) is 92.5 cm³/mol. The molecule has 0 aliphatic rings. The van der Waals surface area contributed by atoms with Crippen LogP contribution in [-0.2, 0) is 4.79 Å². The number of nitrogens with one attached hydrogen (secondary N) is 1. The zero-order valence-corrected chi connectivity index (χ0v) is 14.7. The van der Waals surface area contributed by atoms with Gasteiger partial charge in [-0.2, -0.15) is 12.6 Å². The van der Waals surface area contributed by atoms with Crippen LogP contribution in [0.15, 0.2) is 0 Å². The smallest absolute Gasteiger partial charge is 0.219 e. The van der Waals surface area contributed by atoms with Crippen LogP contribution >= 0.6 is 12.6 Å². The molecule has 0 fully saturated rings. The van der Waals surface area contributed by atoms with E-state index in [4.69, 9.17) is 0 Å². The number of unbranched alkanes of at least 4 members (excludes halogenated alkanes) is 7. The average molecular weight is 302 g/mol. The lowest BCUT2D eigenvalue weighted by atomic mass is 10.0. The standard InChI is InChI=1S/C17H35NOS/c1-4-6-7-8-9-10-11-12-13-16(20)14-15(3)18-17(19)5-2/h15-16,20H,4-14H2,1-3H3,(H,18,19). The van der Waals surface area contributed by atoms with Crippen LogP contribution in [0.4, 0.5) is 0 Å². The maximum Gasteiger partial charge on any atom is 0.219 e. The summed E-state index contributed by atoms with van der Waals surface area (Å²) in [6.07, 6.45) is 13.6. The van der Waals surface area contributed by atoms with E-state index in [-0.39, 0.29) is 11.9 Å². The number of hydrogen-bond acceptors (Lipinski definition) is 2. The second kappa shape index (κ2) is 13.8. The Hall–Kier alpha value is -0.180. The van der Waals surface area contributed by atoms with Crippen molar-refractivity contribution in [1.82, 2.24) is 5.32 Å². The van der Waals surface area contributed by atoms with Gasteiger partial charge in [0.2, 0.25) is 5.91 Å². The van der Waals surface area contributed by atoms with Crippen molar-refractivity contribution in [3.63, 3.8) is 0 Å². The Kier molecular flexibility index (Phi) is 13.7. The van der Waals surface area contributed by atoms with E-state index in [1.54, 1.807) is 0 Å². The molecular weight excluding hydrogens is 266 g/mol. The first-order valence-electron chi connectivity index (χ1n) is 8.57. The van der Waals surface area contributed by atoms with Crippen molar-refractivity contribution >= 4 is 18.5 Å². The first-order chi connectivity index (χ1) is 9.60. The molecule has 0 spiro atoms. The van der Waals surface area contributed by atoms with Crippen molar-refractivity contribution in [2.75, 3.05) is 0 Å². The minimum atomic E-state index is 0.144. The lowest BCUT2D eigenvalue weighted by Crippen LogP contribution is -2.33. The number of rotatable bonds is 13. The molecule has 0 bridgehead atoms. The van der Waals surface area contributed by atoms with Gasteiger partial charge in [-0.05, 0) is 19.8 Å². The molecule has 0 radical (unpaired) electrons. The molecular formula is C17H35NOS. The number of thiol groups is 1. The van der Waals surface area contributed by atoms with E-state index in [1.165, 1.54) is 57.8 Å². The van der Waals surface area contributed by atoms with Gasteiger partial charge in [0.05, 0.1) is 0 Å². The maximum atomic E-state index is 11.3. The quantitative estimate of drug-likeness (QED) is 0.359. The third kappa shape index (κ3) is 12.8. The van der Waals surface area contributed by atoms with Gasteiger partial charge < -0.3 is 5.32 Å². The van der Waals surface area contributed by atoms with Crippen molar-refractivity contribution in [2.45, 2.75) is 103 Å². The van der Waals surface area contributed by atoms with Crippen LogP contribution in [0.2, 0.25) is 0 Å². The third-order valence-electron chi connectivity index (χ3n) is 3.75. The highest BCUT2D eigenvalue weighted by molar-refractivity contribution is 7.80. The lowest BCUT2D eigenvalue weighted by molar-refractivity contribution is -0.121. The fourth-order valence-electron chi connectivity index (χ4n) is 2.48. The minimum absolute atomic E-state index is 0.144. The lowest BCUT2D eigenvalue weighted by Gasteiger charge is -2.17. The Morgan fingerprint density at radius 3 is 2.10 bits per heavy atom. The second-order valence-corrected chi connectivity index (χ2v) is 6.71. The van der Waals surface area contributed by atoms with Gasteiger partial charge in [-0.15, -0.1) is 0 Å². The molecule has 0 aliphatic heterocycles. The summed E-state index contributed by atoms with van der Waals surface area (Å²) in [4.78, 5) is 11.3. The summed E-state index contributed by atoms with van der Waals surface area (Å²) in [7, 11) is 0. The molecule has 0 saturated heterocycles. The average Bonchev–Trinajstić information content (AvgIpc) is 2.41. The van der Waals surface area contributed by atoms with Crippen molar-refractivity contribution < 1.29 is 4.79 Å². The highest BCUT2D eigenvalue weighted by atomic mass is 32.1. The van der Waals surface area contributed by atoms with Crippen molar-refractivity contribution in [1.29, 1.82) is 0 Å². The van der Waals surface area contributed by atoms with Gasteiger partial charge in [0.15, 0.2) is 0 Å². The van der Waals surface area contributed by atoms with Crippen LogP contribution in [0.1, 0.15) is 91.4 Å². The highest BCUT2D eigenvalue weighted by Gasteiger charge is 2.10. The molecule has 2 unspecified atom stereocenters. The summed E-state index contributed by atoms with van der Waals surface area (Å²) in [6, 6.07) is 0.249. The molecule has 2 nitrogen and oxygen atoms in total. The van der Waals surface area contributed by atoms with Gasteiger partial charge in [0.1, 0.15) is 0 Å². The molecule has 0 aromatic heterocycles. The SMILES string of the molecule is CCCCCCCCCCC(S)CC(C)NC(=O)CC. The number of hydrogen-bond donors (Lipinski definition) is 2. The summed E-state index contributed by atoms with van der Waals surface area (Å²) in [5, 5.41) is 3.42. The number of carbonyl (C=O) groups is 1. The Labute approximate surface area is 131 Å². The van der Waals surface area contributed by atoms with E-state index in [9.17, 15) is 4.79 Å². The van der Waals surface area contributed by atoms with Crippen molar-refractivity contribution in [3.8, 4) is 0 Å². The first-order valence-corrected chi connectivity index (χ1v) is 9.09. The monoisotopic (exact) mass is 301 g/mol. The second-order valence-electron chi connectivity index (χ2n) is 5.98. The molecule has 0 rings (SSSR count). The first kappa shape index (κ1) is 19.8. The molecule has 0 heterocycles. The van der Waals surface area contributed by atoms with Crippen LogP contribution in [0.5, 0.6) is 0 Å². The fourth-order valence-corrected chi connectivity index (χ4v) is 2.97. The van der Waals surface area contributed by atoms with E-state index in [2.05, 4.69) is 31.8 Å². The van der Waals surface area contributed by atoms with Crippen LogP contribution in [-0.4, -0.2) is 17.2 Å². The van der Waals surface area contributed by atoms with Gasteiger partial charge in [-0.25, -0.2) is 0 Å². The maximum absolute atomic E-state index is 11.3. The van der Waals surface area contributed by atoms with Crippen LogP contribution in [0, 0.1) is 0 Å². The highest BCUT2D eigenvalue weighted by Crippen LogP contribution is 2.16. The summed E-state index contributed by atoms with van der Waals surface area (Å²) in [6.45, 7) is 6.22. The summed E-state index contributed by atoms with van der Waals surface area (Å²) >= 11 is 4.64. The summed E-state index contributed by atoms with van der Waals surface area (Å²) in [5.41, 5.74) is 0. The molecule has 120 valence electrons. The molecule has 0 aliphatic carbocycles. The van der Waals surface area contributed by atoms with Gasteiger partial charge in [0.25, 0.3) is 0 Å².